The molecule has 2 aromatic heterocycles. The Bertz CT molecular complexity index is 2570. The molecule has 0 amide bonds. The Kier molecular flexibility index (Phi) is 11.3. The largest absolute Gasteiger partial charge is 0.497 e. The second kappa shape index (κ2) is 16.2. The molecule has 0 fully saturated rings. The van der Waals surface area contributed by atoms with Gasteiger partial charge in [0.2, 0.25) is 10.0 Å². The van der Waals surface area contributed by atoms with E-state index >= 15 is 0 Å². The highest BCUT2D eigenvalue weighted by atomic mass is 35.5. The summed E-state index contributed by atoms with van der Waals surface area (Å²) in [6.07, 6.45) is 1.19. The lowest BCUT2D eigenvalue weighted by atomic mass is 9.98. The topological polar surface area (TPSA) is 114 Å². The Morgan fingerprint density at radius 3 is 2.55 bits per heavy atom. The van der Waals surface area contributed by atoms with Crippen molar-refractivity contribution in [2.24, 2.45) is 7.05 Å². The van der Waals surface area contributed by atoms with Crippen LogP contribution in [0.1, 0.15) is 52.8 Å². The number of hydrogen-bond donors (Lipinski definition) is 0. The fraction of sp³-hybridized carbons (Fsp3) is 0.333. The first-order valence-electron chi connectivity index (χ1n) is 18.5. The Morgan fingerprint density at radius 1 is 0.982 bits per heavy atom. The second-order valence-corrected chi connectivity index (χ2v) is 16.2. The molecule has 3 heterocycles. The van der Waals surface area contributed by atoms with Gasteiger partial charge in [0, 0.05) is 59.4 Å². The van der Waals surface area contributed by atoms with Crippen molar-refractivity contribution in [3.8, 4) is 28.4 Å². The first-order chi connectivity index (χ1) is 26.9. The van der Waals surface area contributed by atoms with Gasteiger partial charge in [0.05, 0.1) is 56.0 Å². The molecule has 11 nitrogen and oxygen atoms in total. The normalized spacial score (nSPS) is 14.3. The van der Waals surface area contributed by atoms with E-state index in [1.54, 1.807) is 43.0 Å². The summed E-state index contributed by atoms with van der Waals surface area (Å²) in [4.78, 5) is 14.0. The summed E-state index contributed by atoms with van der Waals surface area (Å²) in [6.45, 7) is 4.36. The molecule has 294 valence electrons. The maximum atomic E-state index is 14.3. The number of methoxy groups -OCH3 is 2. The molecule has 14 heteroatoms. The van der Waals surface area contributed by atoms with Crippen molar-refractivity contribution >= 4 is 49.3 Å². The van der Waals surface area contributed by atoms with Gasteiger partial charge in [-0.15, -0.1) is 0 Å². The van der Waals surface area contributed by atoms with E-state index in [4.69, 9.17) is 35.6 Å². The van der Waals surface area contributed by atoms with Crippen molar-refractivity contribution in [1.82, 2.24) is 18.7 Å². The molecule has 1 aliphatic heterocycles. The monoisotopic (exact) mass is 802 g/mol. The zero-order chi connectivity index (χ0) is 39.7. The number of carbonyl (C=O) groups is 1. The number of aryl methyl sites for hydroxylation is 3. The van der Waals surface area contributed by atoms with Crippen LogP contribution in [0.4, 0.5) is 4.39 Å². The van der Waals surface area contributed by atoms with Crippen LogP contribution < -0.4 is 14.2 Å². The maximum absolute atomic E-state index is 14.3. The van der Waals surface area contributed by atoms with Gasteiger partial charge in [-0.05, 0) is 80.5 Å². The smallest absolute Gasteiger partial charge is 0.355 e. The van der Waals surface area contributed by atoms with Crippen LogP contribution in [-0.4, -0.2) is 66.2 Å². The number of hydrogen-bond acceptors (Lipinski definition) is 8. The van der Waals surface area contributed by atoms with E-state index in [1.165, 1.54) is 23.5 Å². The number of nitrogens with zero attached hydrogens (tertiary/aromatic N) is 4. The Balaban J connectivity index is 1.32. The highest BCUT2D eigenvalue weighted by Crippen LogP contribution is 2.43. The molecular weight excluding hydrogens is 759 g/mol. The van der Waals surface area contributed by atoms with E-state index in [0.717, 1.165) is 27.4 Å². The van der Waals surface area contributed by atoms with E-state index in [-0.39, 0.29) is 44.2 Å². The number of fused-ring (bicyclic) bond motifs is 3. The third-order valence-electron chi connectivity index (χ3n) is 10.4. The summed E-state index contributed by atoms with van der Waals surface area (Å²) in [6, 6.07) is 19.1. The molecule has 0 saturated heterocycles. The van der Waals surface area contributed by atoms with Crippen molar-refractivity contribution < 1.29 is 36.6 Å². The van der Waals surface area contributed by atoms with Crippen LogP contribution in [0, 0.1) is 12.7 Å². The highest BCUT2D eigenvalue weighted by Gasteiger charge is 2.33. The fourth-order valence-electron chi connectivity index (χ4n) is 7.66. The molecule has 1 aliphatic rings. The SMILES string of the molecule is CCOC(=O)c1c(CCCOc2cccc3cc(F)ccc23)c2ccc(Cl)c3c2n1CCCS(=O)(=O)N(Cc1ccc(OC)cc1OC)Cc1nn(C)c(C)c1-3. The number of rotatable bonds is 11. The maximum Gasteiger partial charge on any atom is 0.355 e. The third kappa shape index (κ3) is 7.42. The molecule has 0 atom stereocenters. The van der Waals surface area contributed by atoms with Gasteiger partial charge in [-0.25, -0.2) is 17.6 Å². The van der Waals surface area contributed by atoms with Crippen LogP contribution in [0.25, 0.3) is 32.8 Å². The average molecular weight is 803 g/mol. The van der Waals surface area contributed by atoms with E-state index < -0.39 is 16.0 Å². The highest BCUT2D eigenvalue weighted by molar-refractivity contribution is 7.89. The molecule has 56 heavy (non-hydrogen) atoms. The van der Waals surface area contributed by atoms with Crippen molar-refractivity contribution in [2.75, 3.05) is 33.2 Å². The zero-order valence-corrected chi connectivity index (χ0v) is 33.6. The van der Waals surface area contributed by atoms with Gasteiger partial charge in [-0.2, -0.15) is 9.40 Å². The summed E-state index contributed by atoms with van der Waals surface area (Å²) in [5.41, 5.74) is 5.16. The number of benzene rings is 4. The summed E-state index contributed by atoms with van der Waals surface area (Å²) in [5, 5.41) is 7.65. The molecule has 7 rings (SSSR count). The molecule has 0 radical (unpaired) electrons. The summed E-state index contributed by atoms with van der Waals surface area (Å²) >= 11 is 7.15. The fourth-order valence-corrected chi connectivity index (χ4v) is 9.31. The number of aromatic nitrogens is 3. The van der Waals surface area contributed by atoms with Gasteiger partial charge in [-0.3, -0.25) is 4.68 Å². The quantitative estimate of drug-likeness (QED) is 0.0952. The Morgan fingerprint density at radius 2 is 1.79 bits per heavy atom. The average Bonchev–Trinajstić information content (AvgIpc) is 3.63. The molecule has 0 spiro atoms. The molecule has 0 N–H and O–H groups in total. The molecule has 0 bridgehead atoms. The van der Waals surface area contributed by atoms with Crippen LogP contribution in [0.5, 0.6) is 17.2 Å². The van der Waals surface area contributed by atoms with E-state index in [2.05, 4.69) is 0 Å². The standard InChI is InChI=1S/C42H44ClFN4O7S/c1-6-54-42(49)41-32(11-8-20-55-36-12-7-10-27-22-29(44)14-16-31(27)36)33-17-18-34(43)39-38-26(2)46(3)45-35(38)25-47(56(50,51)21-9-19-48(41)40(33)39)24-28-13-15-30(52-4)23-37(28)53-5/h7,10,12-18,22-23H,6,8-9,11,19-21,24-25H2,1-5H3. The van der Waals surface area contributed by atoms with Crippen molar-refractivity contribution in [3.05, 3.63) is 106 Å². The summed E-state index contributed by atoms with van der Waals surface area (Å²) in [5.74, 6) is 0.708. The van der Waals surface area contributed by atoms with Crippen LogP contribution >= 0.6 is 11.6 Å². The van der Waals surface area contributed by atoms with E-state index in [9.17, 15) is 17.6 Å². The number of ether oxygens (including phenoxy) is 4. The van der Waals surface area contributed by atoms with Gasteiger partial charge in [0.25, 0.3) is 0 Å². The first kappa shape index (κ1) is 39.1. The molecular formula is C42H44ClFN4O7S. The van der Waals surface area contributed by atoms with Crippen molar-refractivity contribution in [1.29, 1.82) is 0 Å². The van der Waals surface area contributed by atoms with Gasteiger partial charge >= 0.3 is 5.97 Å². The van der Waals surface area contributed by atoms with E-state index in [0.29, 0.717) is 75.3 Å². The predicted octanol–water partition coefficient (Wildman–Crippen LogP) is 8.24. The van der Waals surface area contributed by atoms with Crippen molar-refractivity contribution in [2.45, 2.75) is 52.7 Å². The van der Waals surface area contributed by atoms with Gasteiger partial charge in [0.1, 0.15) is 28.8 Å². The predicted molar refractivity (Wildman–Crippen MR) is 215 cm³/mol. The van der Waals surface area contributed by atoms with Crippen molar-refractivity contribution in [3.63, 3.8) is 0 Å². The van der Waals surface area contributed by atoms with Crippen LogP contribution in [-0.2, 0) is 47.9 Å². The minimum atomic E-state index is -3.89. The number of halogens is 2. The molecule has 6 aromatic rings. The lowest BCUT2D eigenvalue weighted by molar-refractivity contribution is 0.0512. The summed E-state index contributed by atoms with van der Waals surface area (Å²) in [7, 11) is 1.02. The minimum Gasteiger partial charge on any atom is -0.497 e. The Labute approximate surface area is 330 Å². The second-order valence-electron chi connectivity index (χ2n) is 13.7. The third-order valence-corrected chi connectivity index (χ3v) is 12.5. The lowest BCUT2D eigenvalue weighted by Gasteiger charge is -2.23. The van der Waals surface area contributed by atoms with Gasteiger partial charge < -0.3 is 23.5 Å². The zero-order valence-electron chi connectivity index (χ0n) is 32.0. The Hall–Kier alpha value is -5.11. The van der Waals surface area contributed by atoms with Crippen LogP contribution in [0.3, 0.4) is 0 Å². The number of carbonyl (C=O) groups excluding carboxylic acids is 1. The van der Waals surface area contributed by atoms with Gasteiger partial charge in [0.15, 0.2) is 0 Å². The molecule has 0 saturated carbocycles. The molecule has 4 aromatic carbocycles. The minimum absolute atomic E-state index is 0.0301. The van der Waals surface area contributed by atoms with E-state index in [1.807, 2.05) is 48.9 Å². The van der Waals surface area contributed by atoms with Gasteiger partial charge in [-0.1, -0.05) is 35.9 Å². The first-order valence-corrected chi connectivity index (χ1v) is 20.5. The summed E-state index contributed by atoms with van der Waals surface area (Å²) < 4.78 is 70.5. The number of sulfonamides is 1. The molecule has 0 unspecified atom stereocenters. The molecule has 0 aliphatic carbocycles. The number of esters is 1. The van der Waals surface area contributed by atoms with Crippen LogP contribution in [0.2, 0.25) is 5.02 Å². The van der Waals surface area contributed by atoms with Crippen LogP contribution in [0.15, 0.2) is 66.7 Å². The lowest BCUT2D eigenvalue weighted by Crippen LogP contribution is -2.33.